The first kappa shape index (κ1) is 16.6. The number of rotatable bonds is 2. The number of carbonyl (C=O) groups is 1. The molecule has 1 aliphatic heterocycles. The zero-order chi connectivity index (χ0) is 17.2. The van der Waals surface area contributed by atoms with Gasteiger partial charge in [-0.15, -0.1) is 0 Å². The van der Waals surface area contributed by atoms with Crippen LogP contribution in [0.15, 0.2) is 24.3 Å². The Kier molecular flexibility index (Phi) is 4.45. The van der Waals surface area contributed by atoms with Crippen LogP contribution < -0.4 is 4.90 Å². The first-order valence-corrected chi connectivity index (χ1v) is 6.56. The molecular weight excluding hydrogens is 317 g/mol. The highest BCUT2D eigenvalue weighted by atomic mass is 19.4. The summed E-state index contributed by atoms with van der Waals surface area (Å²) in [6.45, 7) is 1.53. The largest absolute Gasteiger partial charge is 0.430 e. The molecule has 0 fully saturated rings. The van der Waals surface area contributed by atoms with Crippen molar-refractivity contribution in [2.45, 2.75) is 31.7 Å². The van der Waals surface area contributed by atoms with Crippen LogP contribution >= 0.6 is 0 Å². The van der Waals surface area contributed by atoms with Crippen LogP contribution in [0.4, 0.5) is 23.7 Å². The fourth-order valence-corrected chi connectivity index (χ4v) is 2.02. The van der Waals surface area contributed by atoms with Gasteiger partial charge in [0.05, 0.1) is 5.69 Å². The Bertz CT molecular complexity index is 693. The minimum Gasteiger partial charge on any atom is -0.430 e. The SMILES string of the molecule is CCC(C#CN1C(=O)OC(C(F)(F)F)c2ccccc21)[N+](=O)[O-]. The quantitative estimate of drug-likeness (QED) is 0.474. The van der Waals surface area contributed by atoms with E-state index in [1.807, 2.05) is 0 Å². The van der Waals surface area contributed by atoms with Gasteiger partial charge in [-0.2, -0.15) is 13.2 Å². The first-order valence-electron chi connectivity index (χ1n) is 6.56. The van der Waals surface area contributed by atoms with Crippen LogP contribution in [0, 0.1) is 22.1 Å². The molecule has 1 aromatic carbocycles. The predicted molar refractivity (Wildman–Crippen MR) is 73.0 cm³/mol. The number of cyclic esters (lactones) is 1. The Labute approximate surface area is 129 Å². The highest BCUT2D eigenvalue weighted by molar-refractivity contribution is 5.94. The summed E-state index contributed by atoms with van der Waals surface area (Å²) >= 11 is 0. The van der Waals surface area contributed by atoms with E-state index >= 15 is 0 Å². The zero-order valence-electron chi connectivity index (χ0n) is 11.8. The molecule has 23 heavy (non-hydrogen) atoms. The molecule has 0 saturated carbocycles. The van der Waals surface area contributed by atoms with E-state index in [-0.39, 0.29) is 17.7 Å². The maximum absolute atomic E-state index is 13.0. The van der Waals surface area contributed by atoms with Crippen LogP contribution in [0.2, 0.25) is 0 Å². The summed E-state index contributed by atoms with van der Waals surface area (Å²) < 4.78 is 43.3. The molecule has 1 amide bonds. The molecule has 2 atom stereocenters. The molecule has 1 heterocycles. The van der Waals surface area contributed by atoms with E-state index < -0.39 is 29.3 Å². The van der Waals surface area contributed by atoms with Crippen molar-refractivity contribution in [3.63, 3.8) is 0 Å². The van der Waals surface area contributed by atoms with Crippen LogP contribution in [0.3, 0.4) is 0 Å². The molecule has 1 aromatic rings. The predicted octanol–water partition coefficient (Wildman–Crippen LogP) is 3.26. The maximum Gasteiger partial charge on any atom is 0.430 e. The number of carbonyl (C=O) groups excluding carboxylic acids is 1. The summed E-state index contributed by atoms with van der Waals surface area (Å²) in [5.74, 6) is 2.26. The van der Waals surface area contributed by atoms with E-state index in [0.29, 0.717) is 4.90 Å². The fourth-order valence-electron chi connectivity index (χ4n) is 2.02. The number of halogens is 3. The molecule has 9 heteroatoms. The van der Waals surface area contributed by atoms with Crippen molar-refractivity contribution in [1.82, 2.24) is 0 Å². The molecule has 2 unspecified atom stereocenters. The van der Waals surface area contributed by atoms with Gasteiger partial charge in [0.25, 0.3) is 6.04 Å². The minimum absolute atomic E-state index is 0.0930. The van der Waals surface area contributed by atoms with E-state index in [4.69, 9.17) is 0 Å². The molecule has 1 aliphatic rings. The van der Waals surface area contributed by atoms with Gasteiger partial charge in [0.2, 0.25) is 6.10 Å². The number of hydrogen-bond acceptors (Lipinski definition) is 4. The summed E-state index contributed by atoms with van der Waals surface area (Å²) in [6.07, 6.45) is -8.38. The Balaban J connectivity index is 2.45. The van der Waals surface area contributed by atoms with Gasteiger partial charge in [-0.1, -0.05) is 25.1 Å². The third-order valence-corrected chi connectivity index (χ3v) is 3.14. The van der Waals surface area contributed by atoms with E-state index in [0.717, 1.165) is 0 Å². The summed E-state index contributed by atoms with van der Waals surface area (Å²) in [6, 6.07) is 6.25. The molecule has 0 radical (unpaired) electrons. The van der Waals surface area contributed by atoms with Crippen molar-refractivity contribution >= 4 is 11.8 Å². The number of nitro groups is 1. The molecule has 0 spiro atoms. The topological polar surface area (TPSA) is 72.7 Å². The van der Waals surface area contributed by atoms with Gasteiger partial charge in [-0.05, 0) is 6.07 Å². The lowest BCUT2D eigenvalue weighted by molar-refractivity contribution is -0.506. The molecule has 0 aliphatic carbocycles. The molecule has 0 aromatic heterocycles. The fraction of sp³-hybridized carbons (Fsp3) is 0.357. The molecule has 122 valence electrons. The second-order valence-electron chi connectivity index (χ2n) is 4.67. The number of benzene rings is 1. The van der Waals surface area contributed by atoms with Crippen molar-refractivity contribution in [3.05, 3.63) is 39.9 Å². The monoisotopic (exact) mass is 328 g/mol. The summed E-state index contributed by atoms with van der Waals surface area (Å²) in [7, 11) is 0. The Morgan fingerprint density at radius 1 is 1.43 bits per heavy atom. The molecule has 6 nitrogen and oxygen atoms in total. The van der Waals surface area contributed by atoms with Crippen LogP contribution in [0.5, 0.6) is 0 Å². The number of para-hydroxylation sites is 1. The normalized spacial score (nSPS) is 18.3. The zero-order valence-corrected chi connectivity index (χ0v) is 11.8. The second-order valence-corrected chi connectivity index (χ2v) is 4.67. The number of ether oxygens (including phenoxy) is 1. The maximum atomic E-state index is 13.0. The lowest BCUT2D eigenvalue weighted by atomic mass is 10.0. The van der Waals surface area contributed by atoms with Gasteiger partial charge in [-0.25, -0.2) is 9.69 Å². The van der Waals surface area contributed by atoms with Crippen molar-refractivity contribution in [1.29, 1.82) is 0 Å². The van der Waals surface area contributed by atoms with Crippen LogP contribution in [-0.4, -0.2) is 23.2 Å². The smallest absolute Gasteiger partial charge is 0.430 e. The number of nitrogens with zero attached hydrogens (tertiary/aromatic N) is 2. The average Bonchev–Trinajstić information content (AvgIpc) is 2.47. The van der Waals surface area contributed by atoms with Crippen LogP contribution in [-0.2, 0) is 4.74 Å². The van der Waals surface area contributed by atoms with Gasteiger partial charge < -0.3 is 4.74 Å². The van der Waals surface area contributed by atoms with Crippen LogP contribution in [0.25, 0.3) is 0 Å². The first-order chi connectivity index (χ1) is 10.8. The minimum atomic E-state index is -4.77. The molecular formula is C14H11F3N2O4. The van der Waals surface area contributed by atoms with E-state index in [9.17, 15) is 28.1 Å². The highest BCUT2D eigenvalue weighted by Gasteiger charge is 2.49. The second kappa shape index (κ2) is 6.16. The van der Waals surface area contributed by atoms with E-state index in [1.54, 1.807) is 0 Å². The van der Waals surface area contributed by atoms with Crippen molar-refractivity contribution in [2.75, 3.05) is 4.90 Å². The van der Waals surface area contributed by atoms with Crippen molar-refractivity contribution in [3.8, 4) is 12.0 Å². The van der Waals surface area contributed by atoms with Gasteiger partial charge in [0.15, 0.2) is 0 Å². The summed E-state index contributed by atoms with van der Waals surface area (Å²) in [5.41, 5.74) is -0.375. The number of anilines is 1. The van der Waals surface area contributed by atoms with E-state index in [2.05, 4.69) is 16.7 Å². The van der Waals surface area contributed by atoms with Gasteiger partial charge in [0.1, 0.15) is 0 Å². The number of amides is 1. The molecule has 2 rings (SSSR count). The van der Waals surface area contributed by atoms with E-state index in [1.165, 1.54) is 31.2 Å². The number of fused-ring (bicyclic) bond motifs is 1. The lowest BCUT2D eigenvalue weighted by Crippen LogP contribution is -2.39. The van der Waals surface area contributed by atoms with Gasteiger partial charge in [0, 0.05) is 28.9 Å². The number of alkyl halides is 3. The van der Waals surface area contributed by atoms with Gasteiger partial charge >= 0.3 is 12.3 Å². The Morgan fingerprint density at radius 2 is 2.09 bits per heavy atom. The highest BCUT2D eigenvalue weighted by Crippen LogP contribution is 2.43. The standard InChI is InChI=1S/C14H11F3N2O4/c1-2-9(19(21)22)7-8-18-11-6-4-3-5-10(11)12(14(15,16)17)23-13(18)20/h3-6,9,12H,2H2,1H3. The molecule has 0 bridgehead atoms. The average molecular weight is 328 g/mol. The third-order valence-electron chi connectivity index (χ3n) is 3.14. The van der Waals surface area contributed by atoms with Gasteiger partial charge in [-0.3, -0.25) is 10.1 Å². The van der Waals surface area contributed by atoms with Crippen molar-refractivity contribution < 1.29 is 27.6 Å². The van der Waals surface area contributed by atoms with Crippen molar-refractivity contribution in [2.24, 2.45) is 0 Å². The number of hydrogen-bond donors (Lipinski definition) is 0. The molecule has 0 saturated heterocycles. The van der Waals surface area contributed by atoms with Crippen LogP contribution in [0.1, 0.15) is 25.0 Å². The third kappa shape index (κ3) is 3.36. The Morgan fingerprint density at radius 3 is 2.65 bits per heavy atom. The summed E-state index contributed by atoms with van der Waals surface area (Å²) in [5, 5.41) is 10.7. The molecule has 0 N–H and O–H groups in total. The summed E-state index contributed by atoms with van der Waals surface area (Å²) in [4.78, 5) is 22.6. The Hall–Kier alpha value is -2.76. The lowest BCUT2D eigenvalue weighted by Gasteiger charge is -2.31.